The molecule has 1 heterocycles. The van der Waals surface area contributed by atoms with E-state index in [9.17, 15) is 14.4 Å². The van der Waals surface area contributed by atoms with E-state index >= 15 is 0 Å². The van der Waals surface area contributed by atoms with Crippen molar-refractivity contribution < 1.29 is 14.4 Å². The lowest BCUT2D eigenvalue weighted by atomic mass is 9.55. The van der Waals surface area contributed by atoms with Gasteiger partial charge in [-0.25, -0.2) is 0 Å². The molecular weight excluding hydrogens is 459 g/mol. The fourth-order valence-electron chi connectivity index (χ4n) is 5.82. The summed E-state index contributed by atoms with van der Waals surface area (Å²) in [6, 6.07) is 20.8. The summed E-state index contributed by atoms with van der Waals surface area (Å²) in [6.07, 6.45) is 0. The standard InChI is InChI=1S/C26H18Cl2N2O3/c27-13-9-10-19(18(28)11-13)29-20(31)12-30-25(32)23-21-14-5-1-2-6-15(14)22(24(23)26(30)33)17-8-4-3-7-16(17)21/h1-11,21-24H,12H2,(H,29,31)/t21?,22?,23-,24+. The number of nitrogens with zero attached hydrogens (tertiary/aromatic N) is 1. The Morgan fingerprint density at radius 1 is 0.788 bits per heavy atom. The number of rotatable bonds is 3. The summed E-state index contributed by atoms with van der Waals surface area (Å²) in [6.45, 7) is -0.351. The van der Waals surface area contributed by atoms with Gasteiger partial charge in [0.25, 0.3) is 0 Å². The van der Waals surface area contributed by atoms with E-state index in [1.807, 2.05) is 24.3 Å². The first-order chi connectivity index (χ1) is 16.0. The van der Waals surface area contributed by atoms with Crippen LogP contribution in [0.1, 0.15) is 34.1 Å². The van der Waals surface area contributed by atoms with Gasteiger partial charge < -0.3 is 5.32 Å². The zero-order valence-corrected chi connectivity index (χ0v) is 18.8. The first-order valence-corrected chi connectivity index (χ1v) is 11.5. The predicted octanol–water partition coefficient (Wildman–Crippen LogP) is 4.82. The zero-order chi connectivity index (χ0) is 22.9. The van der Waals surface area contributed by atoms with Crippen molar-refractivity contribution in [1.29, 1.82) is 0 Å². The number of benzene rings is 3. The fraction of sp³-hybridized carbons (Fsp3) is 0.192. The Bertz CT molecular complexity index is 1240. The lowest BCUT2D eigenvalue weighted by Crippen LogP contribution is -2.41. The molecule has 4 aliphatic rings. The molecule has 1 aliphatic heterocycles. The van der Waals surface area contributed by atoms with Crippen molar-refractivity contribution in [2.45, 2.75) is 11.8 Å². The molecule has 2 atom stereocenters. The van der Waals surface area contributed by atoms with E-state index < -0.39 is 17.7 Å². The number of anilines is 1. The highest BCUT2D eigenvalue weighted by molar-refractivity contribution is 6.36. The SMILES string of the molecule is O=C(CN1C(=O)[C@@H]2C3c4ccccc4C(c4ccccc43)[C@@H]2C1=O)Nc1ccc(Cl)cc1Cl. The number of halogens is 2. The Labute approximate surface area is 200 Å². The van der Waals surface area contributed by atoms with Gasteiger partial charge >= 0.3 is 0 Å². The van der Waals surface area contributed by atoms with Gasteiger partial charge in [0.2, 0.25) is 17.7 Å². The topological polar surface area (TPSA) is 66.5 Å². The number of hydrogen-bond acceptors (Lipinski definition) is 3. The van der Waals surface area contributed by atoms with E-state index in [-0.39, 0.29) is 35.2 Å². The Morgan fingerprint density at radius 3 is 1.73 bits per heavy atom. The number of likely N-dealkylation sites (tertiary alicyclic amines) is 1. The third-order valence-electron chi connectivity index (χ3n) is 7.05. The molecule has 0 aromatic heterocycles. The average Bonchev–Trinajstić information content (AvgIpc) is 3.06. The third-order valence-corrected chi connectivity index (χ3v) is 7.59. The molecule has 1 N–H and O–H groups in total. The average molecular weight is 477 g/mol. The van der Waals surface area contributed by atoms with Crippen LogP contribution in [0.3, 0.4) is 0 Å². The minimum Gasteiger partial charge on any atom is -0.323 e. The van der Waals surface area contributed by atoms with Crippen molar-refractivity contribution in [2.24, 2.45) is 11.8 Å². The molecule has 5 nitrogen and oxygen atoms in total. The molecule has 7 rings (SSSR count). The molecule has 1 saturated heterocycles. The molecule has 0 radical (unpaired) electrons. The second-order valence-corrected chi connectivity index (χ2v) is 9.54. The van der Waals surface area contributed by atoms with Crippen LogP contribution in [0.5, 0.6) is 0 Å². The largest absolute Gasteiger partial charge is 0.323 e. The van der Waals surface area contributed by atoms with Crippen LogP contribution < -0.4 is 5.32 Å². The summed E-state index contributed by atoms with van der Waals surface area (Å²) in [5.41, 5.74) is 4.78. The Kier molecular flexibility index (Phi) is 4.61. The normalized spacial score (nSPS) is 24.4. The highest BCUT2D eigenvalue weighted by Gasteiger charge is 2.61. The van der Waals surface area contributed by atoms with Gasteiger partial charge in [-0.3, -0.25) is 19.3 Å². The van der Waals surface area contributed by atoms with Gasteiger partial charge in [-0.05, 0) is 40.5 Å². The first kappa shape index (κ1) is 20.5. The molecule has 33 heavy (non-hydrogen) atoms. The summed E-state index contributed by atoms with van der Waals surface area (Å²) >= 11 is 12.1. The number of imide groups is 1. The van der Waals surface area contributed by atoms with Gasteiger partial charge in [0.1, 0.15) is 6.54 Å². The first-order valence-electron chi connectivity index (χ1n) is 10.7. The van der Waals surface area contributed by atoms with Crippen LogP contribution in [-0.4, -0.2) is 29.2 Å². The van der Waals surface area contributed by atoms with E-state index in [1.54, 1.807) is 12.1 Å². The van der Waals surface area contributed by atoms with Crippen molar-refractivity contribution in [2.75, 3.05) is 11.9 Å². The highest BCUT2D eigenvalue weighted by atomic mass is 35.5. The van der Waals surface area contributed by atoms with Gasteiger partial charge in [-0.15, -0.1) is 0 Å². The van der Waals surface area contributed by atoms with E-state index in [1.165, 1.54) is 6.07 Å². The van der Waals surface area contributed by atoms with Gasteiger partial charge in [-0.1, -0.05) is 71.7 Å². The van der Waals surface area contributed by atoms with Crippen molar-refractivity contribution in [3.8, 4) is 0 Å². The third kappa shape index (κ3) is 2.96. The molecule has 3 aromatic rings. The lowest BCUT2D eigenvalue weighted by molar-refractivity contribution is -0.142. The van der Waals surface area contributed by atoms with Crippen LogP contribution in [-0.2, 0) is 14.4 Å². The smallest absolute Gasteiger partial charge is 0.244 e. The quantitative estimate of drug-likeness (QED) is 0.550. The van der Waals surface area contributed by atoms with Crippen LogP contribution in [0.4, 0.5) is 5.69 Å². The Balaban J connectivity index is 1.34. The maximum atomic E-state index is 13.5. The van der Waals surface area contributed by atoms with E-state index in [4.69, 9.17) is 23.2 Å². The molecule has 0 unspecified atom stereocenters. The van der Waals surface area contributed by atoms with Gasteiger partial charge in [-0.2, -0.15) is 0 Å². The molecule has 0 spiro atoms. The lowest BCUT2D eigenvalue weighted by Gasteiger charge is -2.45. The van der Waals surface area contributed by atoms with Gasteiger partial charge in [0, 0.05) is 16.9 Å². The monoisotopic (exact) mass is 476 g/mol. The summed E-state index contributed by atoms with van der Waals surface area (Å²) < 4.78 is 0. The summed E-state index contributed by atoms with van der Waals surface area (Å²) in [5.74, 6) is -2.45. The number of carbonyl (C=O) groups is 3. The second-order valence-electron chi connectivity index (χ2n) is 8.70. The molecule has 164 valence electrons. The number of hydrogen-bond donors (Lipinski definition) is 1. The zero-order valence-electron chi connectivity index (χ0n) is 17.3. The van der Waals surface area contributed by atoms with Crippen LogP contribution in [0, 0.1) is 11.8 Å². The Morgan fingerprint density at radius 2 is 1.27 bits per heavy atom. The van der Waals surface area contributed by atoms with Crippen LogP contribution in [0.25, 0.3) is 0 Å². The molecule has 2 bridgehead atoms. The van der Waals surface area contributed by atoms with Crippen molar-refractivity contribution in [3.63, 3.8) is 0 Å². The molecule has 1 fully saturated rings. The Hall–Kier alpha value is -3.15. The number of carbonyl (C=O) groups excluding carboxylic acids is 3. The van der Waals surface area contributed by atoms with E-state index in [2.05, 4.69) is 29.6 Å². The minimum absolute atomic E-state index is 0.192. The van der Waals surface area contributed by atoms with Gasteiger partial charge in [0.05, 0.1) is 22.5 Å². The van der Waals surface area contributed by atoms with Crippen LogP contribution in [0.2, 0.25) is 10.0 Å². The van der Waals surface area contributed by atoms with Crippen LogP contribution >= 0.6 is 23.2 Å². The van der Waals surface area contributed by atoms with E-state index in [0.29, 0.717) is 10.7 Å². The maximum absolute atomic E-state index is 13.5. The van der Waals surface area contributed by atoms with Crippen molar-refractivity contribution in [3.05, 3.63) is 99.0 Å². The maximum Gasteiger partial charge on any atom is 0.244 e. The molecule has 7 heteroatoms. The van der Waals surface area contributed by atoms with Crippen molar-refractivity contribution >= 4 is 46.6 Å². The second kappa shape index (κ2) is 7.44. The summed E-state index contributed by atoms with van der Waals surface area (Å²) in [4.78, 5) is 41.0. The molecule has 3 aromatic carbocycles. The summed E-state index contributed by atoms with van der Waals surface area (Å²) in [5, 5.41) is 3.41. The summed E-state index contributed by atoms with van der Waals surface area (Å²) in [7, 11) is 0. The molecule has 3 aliphatic carbocycles. The molecule has 0 saturated carbocycles. The van der Waals surface area contributed by atoms with E-state index in [0.717, 1.165) is 27.2 Å². The molecular formula is C26H18Cl2N2O3. The number of nitrogens with one attached hydrogen (secondary N) is 1. The fourth-order valence-corrected chi connectivity index (χ4v) is 6.27. The van der Waals surface area contributed by atoms with Crippen molar-refractivity contribution in [1.82, 2.24) is 4.90 Å². The highest BCUT2D eigenvalue weighted by Crippen LogP contribution is 2.60. The minimum atomic E-state index is -0.501. The van der Waals surface area contributed by atoms with Crippen LogP contribution in [0.15, 0.2) is 66.7 Å². The van der Waals surface area contributed by atoms with Gasteiger partial charge in [0.15, 0.2) is 0 Å². The number of amides is 3. The predicted molar refractivity (Wildman–Crippen MR) is 125 cm³/mol. The molecule has 3 amide bonds.